The molecule has 7 heteroatoms. The minimum Gasteiger partial charge on any atom is -0.480 e. The zero-order valence-electron chi connectivity index (χ0n) is 10.3. The normalized spacial score (nSPS) is 24.3. The number of rotatable bonds is 5. The van der Waals surface area contributed by atoms with Crippen LogP contribution in [0.4, 0.5) is 0 Å². The standard InChI is InChI=1S/C11H17NO6/c1-6-3-7(5-18-6)10(14)12-8(11(15)16)4-9(13)17-2/h6-8H,3-5H2,1-2H3,(H,12,14)(H,15,16)/t6?,7?,8-/m0/s1. The Balaban J connectivity index is 2.52. The summed E-state index contributed by atoms with van der Waals surface area (Å²) >= 11 is 0. The first kappa shape index (κ1) is 14.4. The first-order chi connectivity index (χ1) is 8.43. The van der Waals surface area contributed by atoms with Crippen LogP contribution in [0.1, 0.15) is 19.8 Å². The van der Waals surface area contributed by atoms with E-state index in [9.17, 15) is 14.4 Å². The first-order valence-corrected chi connectivity index (χ1v) is 5.65. The molecule has 0 aromatic heterocycles. The number of methoxy groups -OCH3 is 1. The van der Waals surface area contributed by atoms with Crippen LogP contribution >= 0.6 is 0 Å². The molecule has 1 aliphatic rings. The molecule has 0 aromatic carbocycles. The maximum atomic E-state index is 11.8. The van der Waals surface area contributed by atoms with Gasteiger partial charge in [-0.2, -0.15) is 0 Å². The lowest BCUT2D eigenvalue weighted by Crippen LogP contribution is -2.45. The number of carbonyl (C=O) groups is 3. The summed E-state index contributed by atoms with van der Waals surface area (Å²) in [6.45, 7) is 2.12. The number of ether oxygens (including phenoxy) is 2. The van der Waals surface area contributed by atoms with Crippen LogP contribution in [-0.2, 0) is 23.9 Å². The molecule has 0 radical (unpaired) electrons. The molecule has 3 atom stereocenters. The SMILES string of the molecule is COC(=O)C[C@H](NC(=O)C1COC(C)C1)C(=O)O. The number of carbonyl (C=O) groups excluding carboxylic acids is 2. The summed E-state index contributed by atoms with van der Waals surface area (Å²) in [5, 5.41) is 11.2. The van der Waals surface area contributed by atoms with Crippen LogP contribution in [0, 0.1) is 5.92 Å². The lowest BCUT2D eigenvalue weighted by Gasteiger charge is -2.15. The van der Waals surface area contributed by atoms with Crippen molar-refractivity contribution in [3.63, 3.8) is 0 Å². The van der Waals surface area contributed by atoms with Crippen LogP contribution < -0.4 is 5.32 Å². The van der Waals surface area contributed by atoms with Crippen LogP contribution in [0.25, 0.3) is 0 Å². The van der Waals surface area contributed by atoms with E-state index in [0.717, 1.165) is 7.11 Å². The average Bonchev–Trinajstić information content (AvgIpc) is 2.74. The van der Waals surface area contributed by atoms with E-state index in [-0.39, 0.29) is 25.0 Å². The number of carboxylic acid groups (broad SMARTS) is 1. The topological polar surface area (TPSA) is 102 Å². The largest absolute Gasteiger partial charge is 0.480 e. The minimum absolute atomic E-state index is 0.00960. The highest BCUT2D eigenvalue weighted by atomic mass is 16.5. The molecule has 1 rings (SSSR count). The van der Waals surface area contributed by atoms with E-state index in [1.165, 1.54) is 0 Å². The van der Waals surface area contributed by atoms with Gasteiger partial charge in [0.05, 0.1) is 32.2 Å². The number of esters is 1. The predicted octanol–water partition coefficient (Wildman–Crippen LogP) is -0.456. The second kappa shape index (κ2) is 6.34. The number of carboxylic acids is 1. The number of nitrogens with one attached hydrogen (secondary N) is 1. The van der Waals surface area contributed by atoms with Crippen LogP contribution in [-0.4, -0.2) is 48.8 Å². The molecule has 1 fully saturated rings. The summed E-state index contributed by atoms with van der Waals surface area (Å²) in [5.41, 5.74) is 0. The van der Waals surface area contributed by atoms with Crippen molar-refractivity contribution in [2.75, 3.05) is 13.7 Å². The van der Waals surface area contributed by atoms with Gasteiger partial charge in [-0.15, -0.1) is 0 Å². The van der Waals surface area contributed by atoms with Crippen molar-refractivity contribution in [1.82, 2.24) is 5.32 Å². The molecule has 2 N–H and O–H groups in total. The Morgan fingerprint density at radius 3 is 2.61 bits per heavy atom. The Morgan fingerprint density at radius 2 is 2.17 bits per heavy atom. The fourth-order valence-electron chi connectivity index (χ4n) is 1.74. The Kier molecular flexibility index (Phi) is 5.08. The molecule has 0 spiro atoms. The van der Waals surface area contributed by atoms with Crippen molar-refractivity contribution in [3.8, 4) is 0 Å². The third kappa shape index (κ3) is 3.99. The minimum atomic E-state index is -1.26. The van der Waals surface area contributed by atoms with Gasteiger partial charge in [-0.1, -0.05) is 0 Å². The molecule has 2 unspecified atom stereocenters. The highest BCUT2D eigenvalue weighted by Crippen LogP contribution is 2.19. The fraction of sp³-hybridized carbons (Fsp3) is 0.727. The van der Waals surface area contributed by atoms with Crippen molar-refractivity contribution in [1.29, 1.82) is 0 Å². The van der Waals surface area contributed by atoms with Crippen LogP contribution in [0.2, 0.25) is 0 Å². The number of amides is 1. The van der Waals surface area contributed by atoms with Gasteiger partial charge in [0, 0.05) is 0 Å². The highest BCUT2D eigenvalue weighted by Gasteiger charge is 2.32. The van der Waals surface area contributed by atoms with Gasteiger partial charge in [-0.05, 0) is 13.3 Å². The Bertz CT molecular complexity index is 342. The third-order valence-electron chi connectivity index (χ3n) is 2.78. The molecule has 1 saturated heterocycles. The van der Waals surface area contributed by atoms with Crippen molar-refractivity contribution >= 4 is 17.8 Å². The van der Waals surface area contributed by atoms with Gasteiger partial charge in [0.2, 0.25) is 5.91 Å². The summed E-state index contributed by atoms with van der Waals surface area (Å²) in [6.07, 6.45) is 0.154. The lowest BCUT2D eigenvalue weighted by molar-refractivity contribution is -0.149. The fourth-order valence-corrected chi connectivity index (χ4v) is 1.74. The zero-order valence-corrected chi connectivity index (χ0v) is 10.3. The second-order valence-corrected chi connectivity index (χ2v) is 4.26. The molecule has 7 nitrogen and oxygen atoms in total. The Labute approximate surface area is 104 Å². The van der Waals surface area contributed by atoms with Gasteiger partial charge in [0.15, 0.2) is 0 Å². The van der Waals surface area contributed by atoms with Gasteiger partial charge in [-0.25, -0.2) is 4.79 Å². The van der Waals surface area contributed by atoms with Crippen LogP contribution in [0.3, 0.4) is 0 Å². The zero-order chi connectivity index (χ0) is 13.7. The van der Waals surface area contributed by atoms with Crippen molar-refractivity contribution < 1.29 is 29.0 Å². The summed E-state index contributed by atoms with van der Waals surface area (Å²) < 4.78 is 9.61. The Morgan fingerprint density at radius 1 is 1.50 bits per heavy atom. The second-order valence-electron chi connectivity index (χ2n) is 4.26. The molecule has 18 heavy (non-hydrogen) atoms. The monoisotopic (exact) mass is 259 g/mol. The van der Waals surface area contributed by atoms with Crippen molar-refractivity contribution in [2.24, 2.45) is 5.92 Å². The van der Waals surface area contributed by atoms with Gasteiger partial charge in [0.25, 0.3) is 0 Å². The van der Waals surface area contributed by atoms with Gasteiger partial charge in [-0.3, -0.25) is 9.59 Å². The van der Waals surface area contributed by atoms with Crippen molar-refractivity contribution in [3.05, 3.63) is 0 Å². The van der Waals surface area contributed by atoms with E-state index in [4.69, 9.17) is 9.84 Å². The number of aliphatic carboxylic acids is 1. The van der Waals surface area contributed by atoms with E-state index in [2.05, 4.69) is 10.1 Å². The smallest absolute Gasteiger partial charge is 0.326 e. The predicted molar refractivity (Wildman–Crippen MR) is 59.7 cm³/mol. The van der Waals surface area contributed by atoms with E-state index >= 15 is 0 Å². The molecule has 0 aliphatic carbocycles. The third-order valence-corrected chi connectivity index (χ3v) is 2.78. The molecular formula is C11H17NO6. The van der Waals surface area contributed by atoms with E-state index in [1.807, 2.05) is 6.92 Å². The van der Waals surface area contributed by atoms with Gasteiger partial charge >= 0.3 is 11.9 Å². The quantitative estimate of drug-likeness (QED) is 0.648. The summed E-state index contributed by atoms with van der Waals surface area (Å²) in [5.74, 6) is -2.71. The van der Waals surface area contributed by atoms with Crippen LogP contribution in [0.15, 0.2) is 0 Å². The van der Waals surface area contributed by atoms with Crippen molar-refractivity contribution in [2.45, 2.75) is 31.9 Å². The van der Waals surface area contributed by atoms with Gasteiger partial charge in [0.1, 0.15) is 6.04 Å². The molecule has 1 aliphatic heterocycles. The first-order valence-electron chi connectivity index (χ1n) is 5.65. The molecule has 0 saturated carbocycles. The molecule has 102 valence electrons. The maximum Gasteiger partial charge on any atom is 0.326 e. The maximum absolute atomic E-state index is 11.8. The van der Waals surface area contributed by atoms with Crippen LogP contribution in [0.5, 0.6) is 0 Å². The molecular weight excluding hydrogens is 242 g/mol. The van der Waals surface area contributed by atoms with E-state index < -0.39 is 23.9 Å². The summed E-state index contributed by atoms with van der Waals surface area (Å²) in [7, 11) is 1.16. The highest BCUT2D eigenvalue weighted by molar-refractivity contribution is 5.88. The average molecular weight is 259 g/mol. The lowest BCUT2D eigenvalue weighted by atomic mass is 10.0. The number of hydrogen-bond donors (Lipinski definition) is 2. The molecule has 1 heterocycles. The summed E-state index contributed by atoms with van der Waals surface area (Å²) in [4.78, 5) is 33.7. The van der Waals surface area contributed by atoms with Gasteiger partial charge < -0.3 is 19.9 Å². The van der Waals surface area contributed by atoms with E-state index in [1.54, 1.807) is 0 Å². The van der Waals surface area contributed by atoms with E-state index in [0.29, 0.717) is 6.42 Å². The summed E-state index contributed by atoms with van der Waals surface area (Å²) in [6, 6.07) is -1.26. The Hall–Kier alpha value is -1.63. The number of hydrogen-bond acceptors (Lipinski definition) is 5. The molecule has 0 bridgehead atoms. The molecule has 1 amide bonds. The molecule has 0 aromatic rings.